The molecule has 0 aliphatic heterocycles. The molecule has 0 bridgehead atoms. The van der Waals surface area contributed by atoms with E-state index in [0.717, 1.165) is 25.7 Å². The first-order valence-corrected chi connectivity index (χ1v) is 8.65. The fourth-order valence-electron chi connectivity index (χ4n) is 3.49. The Bertz CT molecular complexity index is 674. The summed E-state index contributed by atoms with van der Waals surface area (Å²) in [5, 5.41) is 13.5. The van der Waals surface area contributed by atoms with Crippen molar-refractivity contribution in [3.63, 3.8) is 0 Å². The number of nitrogens with one attached hydrogen (secondary N) is 1. The van der Waals surface area contributed by atoms with Gasteiger partial charge in [-0.25, -0.2) is 4.98 Å². The second-order valence-corrected chi connectivity index (χ2v) is 7.14. The molecule has 4 N–H and O–H groups in total. The highest BCUT2D eigenvalue weighted by Crippen LogP contribution is 2.47. The lowest BCUT2D eigenvalue weighted by Gasteiger charge is -2.47. The van der Waals surface area contributed by atoms with Gasteiger partial charge in [0.05, 0.1) is 12.8 Å². The number of nitrogens with two attached hydrogens (primary N) is 1. The van der Waals surface area contributed by atoms with Crippen LogP contribution in [0, 0.1) is 11.3 Å². The number of anilines is 2. The van der Waals surface area contributed by atoms with Crippen molar-refractivity contribution < 1.29 is 5.11 Å². The minimum atomic E-state index is -0.0929. The highest BCUT2D eigenvalue weighted by atomic mass is 35.5. The third-order valence-corrected chi connectivity index (χ3v) is 5.13. The van der Waals surface area contributed by atoms with Crippen LogP contribution in [0.15, 0.2) is 36.5 Å². The third-order valence-electron chi connectivity index (χ3n) is 4.86. The van der Waals surface area contributed by atoms with Crippen LogP contribution in [0.4, 0.5) is 11.8 Å². The predicted molar refractivity (Wildman–Crippen MR) is 96.9 cm³/mol. The molecular formula is C18H23ClN4O. The van der Waals surface area contributed by atoms with Crippen molar-refractivity contribution in [3.05, 3.63) is 47.1 Å². The number of hydrogen-bond acceptors (Lipinski definition) is 5. The van der Waals surface area contributed by atoms with Gasteiger partial charge in [0.1, 0.15) is 10.8 Å². The number of hydrogen-bond donors (Lipinski definition) is 3. The average molecular weight is 347 g/mol. The number of aromatic nitrogens is 2. The van der Waals surface area contributed by atoms with E-state index < -0.39 is 0 Å². The number of benzene rings is 1. The van der Waals surface area contributed by atoms with E-state index in [0.29, 0.717) is 23.3 Å². The molecule has 1 aliphatic carbocycles. The van der Waals surface area contributed by atoms with Crippen molar-refractivity contribution >= 4 is 23.4 Å². The van der Waals surface area contributed by atoms with Crippen molar-refractivity contribution in [2.75, 3.05) is 24.2 Å². The van der Waals surface area contributed by atoms with E-state index in [1.165, 1.54) is 11.8 Å². The number of nitrogens with zero attached hydrogens (tertiary/aromatic N) is 2. The highest BCUT2D eigenvalue weighted by Gasteiger charge is 2.43. The van der Waals surface area contributed by atoms with Gasteiger partial charge < -0.3 is 16.2 Å². The van der Waals surface area contributed by atoms with E-state index in [9.17, 15) is 5.11 Å². The number of halogens is 1. The first-order chi connectivity index (χ1) is 11.6. The number of aryl methyl sites for hydroxylation is 1. The molecule has 1 heterocycles. The van der Waals surface area contributed by atoms with E-state index in [4.69, 9.17) is 17.3 Å². The molecule has 0 radical (unpaired) electrons. The standard InChI is InChI=1S/C18H23ClN4O/c19-15-10-21-17(20)23-16(15)22-11-18(12-24)8-14(9-18)7-6-13-4-2-1-3-5-13/h1-5,10,14,24H,6-9,11-12H2,(H3,20,21,22,23). The molecule has 128 valence electrons. The maximum absolute atomic E-state index is 9.81. The highest BCUT2D eigenvalue weighted by molar-refractivity contribution is 6.32. The fourth-order valence-corrected chi connectivity index (χ4v) is 3.65. The summed E-state index contributed by atoms with van der Waals surface area (Å²) in [4.78, 5) is 7.95. The van der Waals surface area contributed by atoms with Crippen LogP contribution in [0.25, 0.3) is 0 Å². The molecule has 6 heteroatoms. The number of aliphatic hydroxyl groups excluding tert-OH is 1. The lowest BCUT2D eigenvalue weighted by atomic mass is 9.61. The Morgan fingerprint density at radius 2 is 2.04 bits per heavy atom. The average Bonchev–Trinajstić information content (AvgIpc) is 2.57. The Labute approximate surface area is 147 Å². The molecule has 1 aromatic heterocycles. The van der Waals surface area contributed by atoms with Gasteiger partial charge in [-0.1, -0.05) is 41.9 Å². The van der Waals surface area contributed by atoms with Crippen LogP contribution in [-0.4, -0.2) is 28.2 Å². The van der Waals surface area contributed by atoms with Crippen LogP contribution in [0.1, 0.15) is 24.8 Å². The molecule has 1 aromatic carbocycles. The van der Waals surface area contributed by atoms with Crippen LogP contribution in [0.3, 0.4) is 0 Å². The summed E-state index contributed by atoms with van der Waals surface area (Å²) in [6.07, 6.45) is 5.77. The lowest BCUT2D eigenvalue weighted by molar-refractivity contribution is 0.00302. The zero-order valence-corrected chi connectivity index (χ0v) is 14.3. The van der Waals surface area contributed by atoms with Crippen molar-refractivity contribution in [2.45, 2.75) is 25.7 Å². The summed E-state index contributed by atoms with van der Waals surface area (Å²) < 4.78 is 0. The number of nitrogen functional groups attached to an aromatic ring is 1. The zero-order valence-electron chi connectivity index (χ0n) is 13.6. The van der Waals surface area contributed by atoms with Gasteiger partial charge in [0.2, 0.25) is 5.95 Å². The second kappa shape index (κ2) is 7.36. The van der Waals surface area contributed by atoms with Crippen LogP contribution < -0.4 is 11.1 Å². The van der Waals surface area contributed by atoms with Crippen LogP contribution >= 0.6 is 11.6 Å². The molecule has 0 atom stereocenters. The second-order valence-electron chi connectivity index (χ2n) is 6.73. The van der Waals surface area contributed by atoms with Crippen molar-refractivity contribution in [3.8, 4) is 0 Å². The Morgan fingerprint density at radius 1 is 1.29 bits per heavy atom. The van der Waals surface area contributed by atoms with Crippen molar-refractivity contribution in [2.24, 2.45) is 11.3 Å². The largest absolute Gasteiger partial charge is 0.396 e. The molecule has 1 aliphatic rings. The smallest absolute Gasteiger partial charge is 0.222 e. The van der Waals surface area contributed by atoms with Crippen LogP contribution in [0.5, 0.6) is 0 Å². The lowest BCUT2D eigenvalue weighted by Crippen LogP contribution is -2.45. The Hall–Kier alpha value is -1.85. The van der Waals surface area contributed by atoms with Gasteiger partial charge in [0, 0.05) is 12.0 Å². The summed E-state index contributed by atoms with van der Waals surface area (Å²) in [6, 6.07) is 10.5. The molecule has 2 aromatic rings. The Morgan fingerprint density at radius 3 is 2.75 bits per heavy atom. The SMILES string of the molecule is Nc1ncc(Cl)c(NCC2(CO)CC(CCc3ccccc3)C2)n1. The van der Waals surface area contributed by atoms with E-state index in [-0.39, 0.29) is 18.0 Å². The van der Waals surface area contributed by atoms with Crippen molar-refractivity contribution in [1.29, 1.82) is 0 Å². The number of rotatable bonds is 7. The zero-order chi connectivity index (χ0) is 17.0. The summed E-state index contributed by atoms with van der Waals surface area (Å²) in [7, 11) is 0. The van der Waals surface area contributed by atoms with E-state index in [1.54, 1.807) is 0 Å². The van der Waals surface area contributed by atoms with Gasteiger partial charge in [-0.15, -0.1) is 0 Å². The molecule has 0 unspecified atom stereocenters. The van der Waals surface area contributed by atoms with E-state index in [2.05, 4.69) is 39.6 Å². The molecular weight excluding hydrogens is 324 g/mol. The summed E-state index contributed by atoms with van der Waals surface area (Å²) in [5.74, 6) is 1.38. The van der Waals surface area contributed by atoms with E-state index >= 15 is 0 Å². The Balaban J connectivity index is 1.49. The molecule has 5 nitrogen and oxygen atoms in total. The van der Waals surface area contributed by atoms with Gasteiger partial charge in [-0.3, -0.25) is 0 Å². The Kier molecular flexibility index (Phi) is 5.21. The predicted octanol–water partition coefficient (Wildman–Crippen LogP) is 3.15. The van der Waals surface area contributed by atoms with Gasteiger partial charge in [-0.05, 0) is 37.2 Å². The van der Waals surface area contributed by atoms with Crippen LogP contribution in [-0.2, 0) is 6.42 Å². The molecule has 1 saturated carbocycles. The van der Waals surface area contributed by atoms with E-state index in [1.807, 2.05) is 6.07 Å². The molecule has 0 spiro atoms. The van der Waals surface area contributed by atoms with Gasteiger partial charge in [-0.2, -0.15) is 4.98 Å². The monoisotopic (exact) mass is 346 g/mol. The number of aliphatic hydroxyl groups is 1. The third kappa shape index (κ3) is 3.97. The van der Waals surface area contributed by atoms with Gasteiger partial charge in [0.15, 0.2) is 0 Å². The minimum absolute atomic E-state index is 0.0929. The fraction of sp³-hybridized carbons (Fsp3) is 0.444. The normalized spacial score (nSPS) is 22.8. The maximum Gasteiger partial charge on any atom is 0.222 e. The molecule has 0 saturated heterocycles. The maximum atomic E-state index is 9.81. The minimum Gasteiger partial charge on any atom is -0.396 e. The first-order valence-electron chi connectivity index (χ1n) is 8.27. The van der Waals surface area contributed by atoms with Crippen LogP contribution in [0.2, 0.25) is 5.02 Å². The van der Waals surface area contributed by atoms with Gasteiger partial charge in [0.25, 0.3) is 0 Å². The first kappa shape index (κ1) is 17.0. The molecule has 1 fully saturated rings. The molecule has 0 amide bonds. The summed E-state index contributed by atoms with van der Waals surface area (Å²) in [6.45, 7) is 0.807. The van der Waals surface area contributed by atoms with Gasteiger partial charge >= 0.3 is 0 Å². The summed E-state index contributed by atoms with van der Waals surface area (Å²) >= 11 is 6.07. The topological polar surface area (TPSA) is 84.1 Å². The molecule has 24 heavy (non-hydrogen) atoms. The summed E-state index contributed by atoms with van der Waals surface area (Å²) in [5.41, 5.74) is 6.87. The quantitative estimate of drug-likeness (QED) is 0.717. The van der Waals surface area contributed by atoms with Crippen molar-refractivity contribution in [1.82, 2.24) is 9.97 Å². The molecule has 3 rings (SSSR count).